The lowest BCUT2D eigenvalue weighted by Gasteiger charge is -2.28. The maximum absolute atomic E-state index is 13.2. The van der Waals surface area contributed by atoms with Crippen LogP contribution in [-0.4, -0.2) is 70.8 Å². The number of hydrogen-bond acceptors (Lipinski definition) is 6. The lowest BCUT2D eigenvalue weighted by Crippen LogP contribution is -2.38. The summed E-state index contributed by atoms with van der Waals surface area (Å²) in [7, 11) is 1.27. The quantitative estimate of drug-likeness (QED) is 0.275. The van der Waals surface area contributed by atoms with Gasteiger partial charge in [0.2, 0.25) is 0 Å². The Labute approximate surface area is 193 Å². The number of nitrogens with zero attached hydrogens (tertiary/aromatic N) is 2. The fourth-order valence-corrected chi connectivity index (χ4v) is 4.43. The number of aromatic amines is 1. The van der Waals surface area contributed by atoms with E-state index in [1.54, 1.807) is 13.8 Å². The van der Waals surface area contributed by atoms with Crippen molar-refractivity contribution in [2.75, 3.05) is 33.3 Å². The van der Waals surface area contributed by atoms with Crippen molar-refractivity contribution in [2.24, 2.45) is 0 Å². The fraction of sp³-hybridized carbons (Fsp3) is 0.400. The van der Waals surface area contributed by atoms with Gasteiger partial charge in [-0.15, -0.1) is 0 Å². The average Bonchev–Trinajstić information content (AvgIpc) is 3.26. The minimum absolute atomic E-state index is 0.0207. The van der Waals surface area contributed by atoms with Crippen molar-refractivity contribution in [3.05, 3.63) is 64.0 Å². The molecule has 1 atom stereocenters. The van der Waals surface area contributed by atoms with Crippen LogP contribution in [0.25, 0.3) is 5.76 Å². The van der Waals surface area contributed by atoms with Crippen LogP contribution in [0.5, 0.6) is 0 Å². The first-order valence-electron chi connectivity index (χ1n) is 11.1. The summed E-state index contributed by atoms with van der Waals surface area (Å²) >= 11 is 0. The first-order valence-corrected chi connectivity index (χ1v) is 11.1. The van der Waals surface area contributed by atoms with Crippen LogP contribution in [0, 0.1) is 13.8 Å². The van der Waals surface area contributed by atoms with Gasteiger partial charge in [0.15, 0.2) is 0 Å². The molecule has 1 aromatic carbocycles. The number of likely N-dealkylation sites (N-methyl/N-ethyl adjacent to an activating group) is 1. The Hall–Kier alpha value is -3.39. The van der Waals surface area contributed by atoms with Crippen LogP contribution in [0.15, 0.2) is 35.9 Å². The maximum atomic E-state index is 13.2. The molecule has 0 saturated carbocycles. The number of carbonyl (C=O) groups excluding carboxylic acids is 3. The van der Waals surface area contributed by atoms with Gasteiger partial charge in [0.1, 0.15) is 11.5 Å². The van der Waals surface area contributed by atoms with Gasteiger partial charge >= 0.3 is 5.97 Å². The van der Waals surface area contributed by atoms with Crippen molar-refractivity contribution >= 4 is 23.4 Å². The highest BCUT2D eigenvalue weighted by Crippen LogP contribution is 2.40. The summed E-state index contributed by atoms with van der Waals surface area (Å²) < 4.78 is 4.81. The second-order valence-corrected chi connectivity index (χ2v) is 8.05. The van der Waals surface area contributed by atoms with Crippen molar-refractivity contribution < 1.29 is 24.2 Å². The molecule has 1 aliphatic heterocycles. The van der Waals surface area contributed by atoms with Crippen LogP contribution in [0.3, 0.4) is 0 Å². The van der Waals surface area contributed by atoms with Crippen molar-refractivity contribution in [1.82, 2.24) is 14.8 Å². The summed E-state index contributed by atoms with van der Waals surface area (Å²) in [6.45, 7) is 10.1. The Morgan fingerprint density at radius 3 is 2.36 bits per heavy atom. The summed E-state index contributed by atoms with van der Waals surface area (Å²) in [6.07, 6.45) is 0. The summed E-state index contributed by atoms with van der Waals surface area (Å²) in [5.41, 5.74) is 2.25. The molecule has 2 aromatic rings. The Bertz CT molecular complexity index is 1080. The van der Waals surface area contributed by atoms with Crippen molar-refractivity contribution in [3.63, 3.8) is 0 Å². The molecule has 1 aliphatic rings. The number of ether oxygens (including phenoxy) is 1. The van der Waals surface area contributed by atoms with E-state index >= 15 is 0 Å². The SMILES string of the molecule is CCN(CC)CCN1C(=O)C(=O)C(=C(O)c2c(C)[nH]c(C(=O)OC)c2C)[C@H]1c1ccccc1. The lowest BCUT2D eigenvalue weighted by atomic mass is 9.94. The number of nitrogens with one attached hydrogen (secondary N) is 1. The van der Waals surface area contributed by atoms with Crippen LogP contribution in [0.1, 0.15) is 52.8 Å². The third kappa shape index (κ3) is 4.43. The third-order valence-corrected chi connectivity index (χ3v) is 6.27. The van der Waals surface area contributed by atoms with E-state index in [0.717, 1.165) is 18.7 Å². The molecule has 8 heteroatoms. The second kappa shape index (κ2) is 10.0. The molecule has 1 amide bonds. The predicted octanol–water partition coefficient (Wildman–Crippen LogP) is 3.18. The van der Waals surface area contributed by atoms with Crippen LogP contribution in [0.4, 0.5) is 0 Å². The van der Waals surface area contributed by atoms with Gasteiger partial charge in [0, 0.05) is 24.3 Å². The summed E-state index contributed by atoms with van der Waals surface area (Å²) in [4.78, 5) is 45.0. The van der Waals surface area contributed by atoms with E-state index in [0.29, 0.717) is 29.9 Å². The minimum Gasteiger partial charge on any atom is -0.507 e. The number of methoxy groups -OCH3 is 1. The number of likely N-dealkylation sites (tertiary alicyclic amines) is 1. The molecule has 33 heavy (non-hydrogen) atoms. The van der Waals surface area contributed by atoms with E-state index in [2.05, 4.69) is 9.88 Å². The molecular weight excluding hydrogens is 422 g/mol. The first kappa shape index (κ1) is 24.3. The highest BCUT2D eigenvalue weighted by molar-refractivity contribution is 6.46. The monoisotopic (exact) mass is 453 g/mol. The number of aryl methyl sites for hydroxylation is 1. The van der Waals surface area contributed by atoms with Crippen LogP contribution >= 0.6 is 0 Å². The van der Waals surface area contributed by atoms with E-state index in [9.17, 15) is 19.5 Å². The minimum atomic E-state index is -0.736. The van der Waals surface area contributed by atoms with E-state index in [-0.39, 0.29) is 17.0 Å². The third-order valence-electron chi connectivity index (χ3n) is 6.27. The molecule has 2 heterocycles. The lowest BCUT2D eigenvalue weighted by molar-refractivity contribution is -0.140. The van der Waals surface area contributed by atoms with Gasteiger partial charge in [-0.05, 0) is 38.1 Å². The van der Waals surface area contributed by atoms with E-state index in [4.69, 9.17) is 4.74 Å². The van der Waals surface area contributed by atoms with Crippen LogP contribution in [0.2, 0.25) is 0 Å². The van der Waals surface area contributed by atoms with Crippen LogP contribution in [-0.2, 0) is 14.3 Å². The zero-order valence-electron chi connectivity index (χ0n) is 19.8. The number of Topliss-reactive ketones (excluding diaryl/α,β-unsaturated/α-hetero) is 1. The molecule has 3 rings (SSSR count). The Kier molecular flexibility index (Phi) is 7.38. The smallest absolute Gasteiger partial charge is 0.354 e. The van der Waals surface area contributed by atoms with Gasteiger partial charge in [-0.25, -0.2) is 4.79 Å². The van der Waals surface area contributed by atoms with Crippen molar-refractivity contribution in [3.8, 4) is 0 Å². The molecule has 0 bridgehead atoms. The normalized spacial score (nSPS) is 17.8. The van der Waals surface area contributed by atoms with E-state index in [1.807, 2.05) is 44.2 Å². The summed E-state index contributed by atoms with van der Waals surface area (Å²) in [5, 5.41) is 11.4. The molecule has 176 valence electrons. The number of aromatic nitrogens is 1. The number of rotatable bonds is 8. The van der Waals surface area contributed by atoms with Crippen LogP contribution < -0.4 is 0 Å². The zero-order valence-corrected chi connectivity index (χ0v) is 19.8. The number of amides is 1. The largest absolute Gasteiger partial charge is 0.507 e. The number of ketones is 1. The number of aliphatic hydroxyl groups is 1. The summed E-state index contributed by atoms with van der Waals surface area (Å²) in [5.74, 6) is -2.25. The molecule has 8 nitrogen and oxygen atoms in total. The first-order chi connectivity index (χ1) is 15.8. The maximum Gasteiger partial charge on any atom is 0.354 e. The number of H-pyrrole nitrogens is 1. The van der Waals surface area contributed by atoms with Crippen molar-refractivity contribution in [1.29, 1.82) is 0 Å². The highest BCUT2D eigenvalue weighted by Gasteiger charge is 2.46. The Morgan fingerprint density at radius 1 is 1.15 bits per heavy atom. The molecule has 0 spiro atoms. The van der Waals surface area contributed by atoms with Crippen molar-refractivity contribution in [2.45, 2.75) is 33.7 Å². The van der Waals surface area contributed by atoms with Gasteiger partial charge in [-0.2, -0.15) is 0 Å². The fourth-order valence-electron chi connectivity index (χ4n) is 4.43. The highest BCUT2D eigenvalue weighted by atomic mass is 16.5. The Balaban J connectivity index is 2.16. The molecule has 0 unspecified atom stereocenters. The molecule has 0 radical (unpaired) electrons. The topological polar surface area (TPSA) is 103 Å². The molecule has 1 aromatic heterocycles. The number of esters is 1. The average molecular weight is 454 g/mol. The number of benzene rings is 1. The van der Waals surface area contributed by atoms with E-state index < -0.39 is 23.7 Å². The molecule has 2 N–H and O–H groups in total. The van der Waals surface area contributed by atoms with E-state index in [1.165, 1.54) is 12.0 Å². The summed E-state index contributed by atoms with van der Waals surface area (Å²) in [6, 6.07) is 8.48. The van der Waals surface area contributed by atoms with Gasteiger partial charge in [0.25, 0.3) is 11.7 Å². The number of carbonyl (C=O) groups is 3. The zero-order chi connectivity index (χ0) is 24.3. The molecule has 1 fully saturated rings. The van der Waals surface area contributed by atoms with Gasteiger partial charge in [-0.1, -0.05) is 44.2 Å². The second-order valence-electron chi connectivity index (χ2n) is 8.05. The predicted molar refractivity (Wildman–Crippen MR) is 125 cm³/mol. The molecule has 0 aliphatic carbocycles. The number of hydrogen-bond donors (Lipinski definition) is 2. The Morgan fingerprint density at radius 2 is 1.79 bits per heavy atom. The number of aliphatic hydroxyl groups excluding tert-OH is 1. The standard InChI is InChI=1S/C25H31N3O5/c1-6-27(7-2)13-14-28-21(17-11-9-8-10-12-17)19(23(30)24(28)31)22(29)18-15(3)20(25(32)33-5)26-16(18)4/h8-12,21,26,29H,6-7,13-14H2,1-5H3/t21-/m1/s1. The van der Waals surface area contributed by atoms with Gasteiger partial charge < -0.3 is 24.6 Å². The van der Waals surface area contributed by atoms with Gasteiger partial charge in [0.05, 0.1) is 18.7 Å². The van der Waals surface area contributed by atoms with Gasteiger partial charge in [-0.3, -0.25) is 9.59 Å². The molecular formula is C25H31N3O5. The molecule has 1 saturated heterocycles.